The highest BCUT2D eigenvalue weighted by atomic mass is 32.1. The lowest BCUT2D eigenvalue weighted by molar-refractivity contribution is -0.122. The van der Waals surface area contributed by atoms with E-state index in [0.29, 0.717) is 6.61 Å². The molecule has 0 radical (unpaired) electrons. The van der Waals surface area contributed by atoms with Gasteiger partial charge in [0.25, 0.3) is 6.47 Å². The number of hydrogen-bond acceptors (Lipinski definition) is 4. The molecule has 0 amide bonds. The van der Waals surface area contributed by atoms with Gasteiger partial charge in [-0.05, 0) is 55.8 Å². The lowest BCUT2D eigenvalue weighted by Crippen LogP contribution is -1.99. The predicted molar refractivity (Wildman–Crippen MR) is 88.0 cm³/mol. The first-order valence-electron chi connectivity index (χ1n) is 7.26. The second-order valence-electron chi connectivity index (χ2n) is 5.20. The Bertz CT molecular complexity index is 634. The van der Waals surface area contributed by atoms with Crippen molar-refractivity contribution in [3.8, 4) is 11.3 Å². The molecule has 1 aromatic heterocycles. The summed E-state index contributed by atoms with van der Waals surface area (Å²) in [5.74, 6) is 2.19. The van der Waals surface area contributed by atoms with Crippen LogP contribution in [0.2, 0.25) is 0 Å². The Morgan fingerprint density at radius 1 is 1.32 bits per heavy atom. The van der Waals surface area contributed by atoms with Crippen molar-refractivity contribution in [1.29, 1.82) is 0 Å². The van der Waals surface area contributed by atoms with Gasteiger partial charge in [-0.2, -0.15) is 0 Å². The van der Waals surface area contributed by atoms with E-state index in [1.54, 1.807) is 0 Å². The third-order valence-corrected chi connectivity index (χ3v) is 4.05. The number of aryl methyl sites for hydroxylation is 1. The van der Waals surface area contributed by atoms with Gasteiger partial charge in [-0.3, -0.25) is 4.79 Å². The van der Waals surface area contributed by atoms with Crippen LogP contribution in [0.1, 0.15) is 35.3 Å². The van der Waals surface area contributed by atoms with Crippen LogP contribution in [-0.4, -0.2) is 11.6 Å². The molecule has 0 bridgehead atoms. The average Bonchev–Trinajstić information content (AvgIpc) is 2.87. The van der Waals surface area contributed by atoms with Crippen molar-refractivity contribution in [3.05, 3.63) is 46.7 Å². The maximum Gasteiger partial charge on any atom is 0.290 e. The van der Waals surface area contributed by atoms with Gasteiger partial charge in [0, 0.05) is 12.0 Å². The van der Waals surface area contributed by atoms with Crippen LogP contribution in [0.3, 0.4) is 0 Å². The van der Waals surface area contributed by atoms with Crippen molar-refractivity contribution in [2.75, 3.05) is 0 Å². The molecule has 0 spiro atoms. The molecule has 0 aliphatic heterocycles. The Morgan fingerprint density at radius 2 is 2.00 bits per heavy atom. The van der Waals surface area contributed by atoms with Crippen molar-refractivity contribution in [3.63, 3.8) is 0 Å². The molecule has 0 fully saturated rings. The van der Waals surface area contributed by atoms with Crippen molar-refractivity contribution >= 4 is 19.4 Å². The van der Waals surface area contributed by atoms with Crippen LogP contribution >= 0.6 is 12.9 Å². The molecule has 3 rings (SSSR count). The first kappa shape index (κ1) is 16.6. The predicted octanol–water partition coefficient (Wildman–Crippen LogP) is 4.20. The largest absolute Gasteiger partial charge is 0.483 e. The van der Waals surface area contributed by atoms with Crippen molar-refractivity contribution in [2.24, 2.45) is 0 Å². The molecule has 5 heteroatoms. The zero-order valence-electron chi connectivity index (χ0n) is 12.5. The van der Waals surface area contributed by atoms with Crippen LogP contribution in [0.25, 0.3) is 11.3 Å². The number of furan rings is 1. The first-order valence-corrected chi connectivity index (χ1v) is 7.63. The van der Waals surface area contributed by atoms with E-state index < -0.39 is 0 Å². The summed E-state index contributed by atoms with van der Waals surface area (Å²) in [6.07, 6.45) is 4.73. The van der Waals surface area contributed by atoms with Gasteiger partial charge in [-0.25, -0.2) is 0 Å². The number of carbonyl (C=O) groups is 1. The van der Waals surface area contributed by atoms with Crippen LogP contribution in [0.5, 0.6) is 0 Å². The molecule has 0 unspecified atom stereocenters. The summed E-state index contributed by atoms with van der Waals surface area (Å²) in [4.78, 5) is 8.36. The molecule has 0 atom stereocenters. The molecule has 1 aromatic carbocycles. The second-order valence-corrected chi connectivity index (χ2v) is 5.46. The number of thiol groups is 1. The molecule has 1 N–H and O–H groups in total. The minimum atomic E-state index is -0.250. The topological polar surface area (TPSA) is 59.7 Å². The van der Waals surface area contributed by atoms with Gasteiger partial charge in [0.2, 0.25) is 0 Å². The van der Waals surface area contributed by atoms with Crippen LogP contribution in [0.4, 0.5) is 0 Å². The fourth-order valence-corrected chi connectivity index (χ4v) is 3.06. The number of carboxylic acid groups (broad SMARTS) is 1. The Labute approximate surface area is 135 Å². The Morgan fingerprint density at radius 3 is 2.68 bits per heavy atom. The zero-order valence-corrected chi connectivity index (χ0v) is 13.4. The molecule has 4 nitrogen and oxygen atoms in total. The van der Waals surface area contributed by atoms with Gasteiger partial charge in [-0.1, -0.05) is 24.3 Å². The van der Waals surface area contributed by atoms with Gasteiger partial charge in [0.05, 0.1) is 6.61 Å². The first-order chi connectivity index (χ1) is 10.7. The molecule has 1 heterocycles. The smallest absolute Gasteiger partial charge is 0.290 e. The summed E-state index contributed by atoms with van der Waals surface area (Å²) in [7, 11) is 0. The van der Waals surface area contributed by atoms with E-state index in [-0.39, 0.29) is 6.47 Å². The van der Waals surface area contributed by atoms with Gasteiger partial charge in [-0.15, -0.1) is 0 Å². The summed E-state index contributed by atoms with van der Waals surface area (Å²) in [6.45, 7) is 2.41. The van der Waals surface area contributed by atoms with Gasteiger partial charge < -0.3 is 13.7 Å². The van der Waals surface area contributed by atoms with Crippen LogP contribution in [-0.2, 0) is 28.4 Å². The third-order valence-electron chi connectivity index (χ3n) is 3.92. The molecule has 0 saturated heterocycles. The van der Waals surface area contributed by atoms with E-state index in [4.69, 9.17) is 18.5 Å². The standard InChI is InChI=1S/C16H18O2S.CH2O2/c1-11-13-7-4-5-9-15(13)18-16(11)14-8-3-2-6-12(14)10-17-19;2-1-3/h2-3,6,8,19H,4-5,7,9-10H2,1H3;1H,(H,2,3). The Balaban J connectivity index is 0.000000545. The molecule has 118 valence electrons. The molecule has 22 heavy (non-hydrogen) atoms. The van der Waals surface area contributed by atoms with Gasteiger partial charge >= 0.3 is 0 Å². The quantitative estimate of drug-likeness (QED) is 0.505. The van der Waals surface area contributed by atoms with Crippen LogP contribution < -0.4 is 0 Å². The number of fused-ring (bicyclic) bond motifs is 1. The third kappa shape index (κ3) is 3.54. The summed E-state index contributed by atoms with van der Waals surface area (Å²) in [5, 5.41) is 6.89. The van der Waals surface area contributed by atoms with E-state index >= 15 is 0 Å². The SMILES string of the molecule is Cc1c(-c2ccccc2COS)oc2c1CCCC2.O=CO. The summed E-state index contributed by atoms with van der Waals surface area (Å²) >= 11 is 3.86. The molecule has 1 aliphatic carbocycles. The summed E-state index contributed by atoms with van der Waals surface area (Å²) in [6, 6.07) is 8.22. The van der Waals surface area contributed by atoms with E-state index in [0.717, 1.165) is 29.7 Å². The summed E-state index contributed by atoms with van der Waals surface area (Å²) < 4.78 is 11.1. The molecular weight excluding hydrogens is 300 g/mol. The molecular formula is C17H20O4S. The highest BCUT2D eigenvalue weighted by Gasteiger charge is 2.21. The fourth-order valence-electron chi connectivity index (χ4n) is 2.92. The zero-order chi connectivity index (χ0) is 15.9. The van der Waals surface area contributed by atoms with E-state index in [1.807, 2.05) is 12.1 Å². The Hall–Kier alpha value is -1.72. The lowest BCUT2D eigenvalue weighted by Gasteiger charge is -2.08. The maximum atomic E-state index is 8.36. The highest BCUT2D eigenvalue weighted by Crippen LogP contribution is 2.36. The average molecular weight is 320 g/mol. The van der Waals surface area contributed by atoms with Gasteiger partial charge in [0.15, 0.2) is 0 Å². The Kier molecular flexibility index (Phi) is 6.10. The summed E-state index contributed by atoms with van der Waals surface area (Å²) in [5.41, 5.74) is 4.96. The highest BCUT2D eigenvalue weighted by molar-refractivity contribution is 7.75. The van der Waals surface area contributed by atoms with Crippen LogP contribution in [0, 0.1) is 6.92 Å². The van der Waals surface area contributed by atoms with E-state index in [1.165, 1.54) is 29.7 Å². The molecule has 1 aliphatic rings. The van der Waals surface area contributed by atoms with Crippen molar-refractivity contribution < 1.29 is 18.5 Å². The number of hydrogen-bond donors (Lipinski definition) is 2. The number of rotatable bonds is 3. The molecule has 0 saturated carbocycles. The number of benzene rings is 1. The fraction of sp³-hybridized carbons (Fsp3) is 0.353. The maximum absolute atomic E-state index is 8.36. The van der Waals surface area contributed by atoms with Gasteiger partial charge in [0.1, 0.15) is 11.5 Å². The monoisotopic (exact) mass is 320 g/mol. The minimum Gasteiger partial charge on any atom is -0.483 e. The lowest BCUT2D eigenvalue weighted by atomic mass is 9.94. The van der Waals surface area contributed by atoms with Crippen molar-refractivity contribution in [2.45, 2.75) is 39.2 Å². The second kappa shape index (κ2) is 8.06. The molecule has 2 aromatic rings. The van der Waals surface area contributed by atoms with E-state index in [2.05, 4.69) is 32.0 Å². The van der Waals surface area contributed by atoms with Crippen LogP contribution in [0.15, 0.2) is 28.7 Å². The normalized spacial score (nSPS) is 13.0. The van der Waals surface area contributed by atoms with E-state index in [9.17, 15) is 0 Å². The van der Waals surface area contributed by atoms with Crippen molar-refractivity contribution in [1.82, 2.24) is 0 Å². The minimum absolute atomic E-state index is 0.250.